The van der Waals surface area contributed by atoms with E-state index in [4.69, 9.17) is 4.74 Å². The number of alkyl halides is 3. The number of esters is 1. The fraction of sp³-hybridized carbons (Fsp3) is 0.278. The van der Waals surface area contributed by atoms with Crippen LogP contribution in [0.15, 0.2) is 48.5 Å². The SMILES string of the molecule is CC(C)(C)c1ccc(OC(=O)c2ccc(C(F)(F)F)cc2)cc1. The molecule has 0 amide bonds. The van der Waals surface area contributed by atoms with Crippen LogP contribution in [-0.4, -0.2) is 5.97 Å². The van der Waals surface area contributed by atoms with Crippen molar-refractivity contribution in [3.05, 3.63) is 65.2 Å². The van der Waals surface area contributed by atoms with Gasteiger partial charge in [0.25, 0.3) is 0 Å². The minimum Gasteiger partial charge on any atom is -0.423 e. The van der Waals surface area contributed by atoms with E-state index in [9.17, 15) is 18.0 Å². The topological polar surface area (TPSA) is 26.3 Å². The van der Waals surface area contributed by atoms with Crippen LogP contribution >= 0.6 is 0 Å². The van der Waals surface area contributed by atoms with Gasteiger partial charge in [-0.25, -0.2) is 4.79 Å². The number of carbonyl (C=O) groups is 1. The van der Waals surface area contributed by atoms with Crippen LogP contribution in [0.3, 0.4) is 0 Å². The van der Waals surface area contributed by atoms with Gasteiger partial charge in [-0.1, -0.05) is 32.9 Å². The van der Waals surface area contributed by atoms with E-state index in [2.05, 4.69) is 20.8 Å². The highest BCUT2D eigenvalue weighted by Crippen LogP contribution is 2.29. The van der Waals surface area contributed by atoms with Crippen molar-refractivity contribution >= 4 is 5.97 Å². The van der Waals surface area contributed by atoms with Gasteiger partial charge in [0, 0.05) is 0 Å². The van der Waals surface area contributed by atoms with Gasteiger partial charge < -0.3 is 4.74 Å². The Balaban J connectivity index is 2.10. The second-order valence-corrected chi connectivity index (χ2v) is 6.24. The minimum atomic E-state index is -4.43. The van der Waals surface area contributed by atoms with E-state index < -0.39 is 17.7 Å². The molecule has 0 N–H and O–H groups in total. The molecule has 0 aliphatic carbocycles. The summed E-state index contributed by atoms with van der Waals surface area (Å²) in [5.74, 6) is -0.342. The molecule has 0 atom stereocenters. The first kappa shape index (κ1) is 17.1. The molecule has 0 saturated carbocycles. The van der Waals surface area contributed by atoms with Gasteiger partial charge in [-0.15, -0.1) is 0 Å². The molecule has 2 aromatic rings. The van der Waals surface area contributed by atoms with Crippen LogP contribution in [0.1, 0.15) is 42.3 Å². The number of ether oxygens (including phenoxy) is 1. The number of carbonyl (C=O) groups excluding carboxylic acids is 1. The van der Waals surface area contributed by atoms with Crippen LogP contribution in [0.5, 0.6) is 5.75 Å². The molecule has 0 aliphatic rings. The maximum Gasteiger partial charge on any atom is 0.416 e. The fourth-order valence-electron chi connectivity index (χ4n) is 1.98. The van der Waals surface area contributed by atoms with E-state index in [0.717, 1.165) is 29.8 Å². The first-order chi connectivity index (χ1) is 10.6. The lowest BCUT2D eigenvalue weighted by Gasteiger charge is -2.19. The Kier molecular flexibility index (Phi) is 4.50. The Labute approximate surface area is 132 Å². The molecule has 0 heterocycles. The lowest BCUT2D eigenvalue weighted by Crippen LogP contribution is -2.12. The lowest BCUT2D eigenvalue weighted by atomic mass is 9.87. The average molecular weight is 322 g/mol. The van der Waals surface area contributed by atoms with E-state index in [0.29, 0.717) is 5.75 Å². The molecule has 2 rings (SSSR count). The summed E-state index contributed by atoms with van der Waals surface area (Å²) in [7, 11) is 0. The highest BCUT2D eigenvalue weighted by Gasteiger charge is 2.30. The van der Waals surface area contributed by atoms with Crippen molar-refractivity contribution in [2.75, 3.05) is 0 Å². The zero-order valence-corrected chi connectivity index (χ0v) is 13.1. The molecule has 23 heavy (non-hydrogen) atoms. The maximum absolute atomic E-state index is 12.5. The van der Waals surface area contributed by atoms with Crippen LogP contribution in [-0.2, 0) is 11.6 Å². The molecule has 5 heteroatoms. The molecule has 0 spiro atoms. The van der Waals surface area contributed by atoms with Crippen molar-refractivity contribution in [1.82, 2.24) is 0 Å². The number of benzene rings is 2. The Morgan fingerprint density at radius 3 is 1.74 bits per heavy atom. The van der Waals surface area contributed by atoms with Crippen molar-refractivity contribution in [2.24, 2.45) is 0 Å². The second-order valence-electron chi connectivity index (χ2n) is 6.24. The van der Waals surface area contributed by atoms with Gasteiger partial charge in [0.2, 0.25) is 0 Å². The van der Waals surface area contributed by atoms with E-state index in [-0.39, 0.29) is 11.0 Å². The standard InChI is InChI=1S/C18H17F3O2/c1-17(2,3)13-8-10-15(11-9-13)23-16(22)12-4-6-14(7-5-12)18(19,20)21/h4-11H,1-3H3. The Morgan fingerprint density at radius 2 is 1.30 bits per heavy atom. The van der Waals surface area contributed by atoms with Gasteiger partial charge >= 0.3 is 12.1 Å². The summed E-state index contributed by atoms with van der Waals surface area (Å²) in [6.07, 6.45) is -4.43. The monoisotopic (exact) mass is 322 g/mol. The molecule has 0 radical (unpaired) electrons. The summed E-state index contributed by atoms with van der Waals surface area (Å²) < 4.78 is 42.6. The van der Waals surface area contributed by atoms with Crippen LogP contribution in [0, 0.1) is 0 Å². The van der Waals surface area contributed by atoms with Crippen molar-refractivity contribution < 1.29 is 22.7 Å². The number of hydrogen-bond donors (Lipinski definition) is 0. The van der Waals surface area contributed by atoms with Gasteiger partial charge in [-0.05, 0) is 47.4 Å². The molecule has 0 fully saturated rings. The van der Waals surface area contributed by atoms with Crippen LogP contribution in [0.2, 0.25) is 0 Å². The maximum atomic E-state index is 12.5. The molecule has 0 bridgehead atoms. The highest BCUT2D eigenvalue weighted by molar-refractivity contribution is 5.91. The molecule has 2 nitrogen and oxygen atoms in total. The van der Waals surface area contributed by atoms with Crippen molar-refractivity contribution in [3.8, 4) is 5.75 Å². The van der Waals surface area contributed by atoms with Crippen molar-refractivity contribution in [3.63, 3.8) is 0 Å². The van der Waals surface area contributed by atoms with Gasteiger partial charge in [-0.3, -0.25) is 0 Å². The number of halogens is 3. The van der Waals surface area contributed by atoms with E-state index in [1.54, 1.807) is 12.1 Å². The van der Waals surface area contributed by atoms with Crippen LogP contribution in [0.4, 0.5) is 13.2 Å². The van der Waals surface area contributed by atoms with E-state index in [1.165, 1.54) is 0 Å². The summed E-state index contributed by atoms with van der Waals surface area (Å²) >= 11 is 0. The lowest BCUT2D eigenvalue weighted by molar-refractivity contribution is -0.137. The van der Waals surface area contributed by atoms with Crippen LogP contribution in [0.25, 0.3) is 0 Å². The fourth-order valence-corrected chi connectivity index (χ4v) is 1.98. The summed E-state index contributed by atoms with van der Waals surface area (Å²) in [5, 5.41) is 0. The molecule has 0 aliphatic heterocycles. The molecule has 2 aromatic carbocycles. The Hall–Kier alpha value is -2.30. The van der Waals surface area contributed by atoms with Crippen molar-refractivity contribution in [1.29, 1.82) is 0 Å². The van der Waals surface area contributed by atoms with Gasteiger partial charge in [0.1, 0.15) is 5.75 Å². The third-order valence-electron chi connectivity index (χ3n) is 3.38. The number of hydrogen-bond acceptors (Lipinski definition) is 2. The zero-order valence-electron chi connectivity index (χ0n) is 13.1. The molecule has 0 aromatic heterocycles. The van der Waals surface area contributed by atoms with Gasteiger partial charge in [0.05, 0.1) is 11.1 Å². The molecular weight excluding hydrogens is 305 g/mol. The average Bonchev–Trinajstić information content (AvgIpc) is 2.46. The quantitative estimate of drug-likeness (QED) is 0.559. The summed E-state index contributed by atoms with van der Waals surface area (Å²) in [6.45, 7) is 6.20. The Bertz CT molecular complexity index is 678. The summed E-state index contributed by atoms with van der Waals surface area (Å²) in [6, 6.07) is 11.0. The van der Waals surface area contributed by atoms with Crippen LogP contribution < -0.4 is 4.74 Å². The first-order valence-electron chi connectivity index (χ1n) is 7.07. The van der Waals surface area contributed by atoms with Gasteiger partial charge in [-0.2, -0.15) is 13.2 Å². The zero-order chi connectivity index (χ0) is 17.3. The number of rotatable bonds is 2. The Morgan fingerprint density at radius 1 is 0.826 bits per heavy atom. The normalized spacial score (nSPS) is 12.1. The molecular formula is C18H17F3O2. The summed E-state index contributed by atoms with van der Waals surface area (Å²) in [5.41, 5.74) is 0.337. The van der Waals surface area contributed by atoms with E-state index in [1.807, 2.05) is 12.1 Å². The first-order valence-corrected chi connectivity index (χ1v) is 7.07. The molecule has 0 saturated heterocycles. The minimum absolute atomic E-state index is 0.0179. The third-order valence-corrected chi connectivity index (χ3v) is 3.38. The highest BCUT2D eigenvalue weighted by atomic mass is 19.4. The van der Waals surface area contributed by atoms with Crippen molar-refractivity contribution in [2.45, 2.75) is 32.4 Å². The summed E-state index contributed by atoms with van der Waals surface area (Å²) in [4.78, 5) is 12.0. The second kappa shape index (κ2) is 6.07. The predicted octanol–water partition coefficient (Wildman–Crippen LogP) is 5.22. The third kappa shape index (κ3) is 4.34. The molecule has 0 unspecified atom stereocenters. The van der Waals surface area contributed by atoms with E-state index >= 15 is 0 Å². The largest absolute Gasteiger partial charge is 0.423 e. The predicted molar refractivity (Wildman–Crippen MR) is 81.5 cm³/mol. The smallest absolute Gasteiger partial charge is 0.416 e. The molecule has 122 valence electrons. The van der Waals surface area contributed by atoms with Gasteiger partial charge in [0.15, 0.2) is 0 Å².